The molecule has 0 heterocycles. The summed E-state index contributed by atoms with van der Waals surface area (Å²) >= 11 is 0. The Hall–Kier alpha value is -1.42. The topological polar surface area (TPSA) is 58.5 Å². The molecule has 4 heteroatoms. The maximum Gasteiger partial charge on any atom is 0.0598 e. The van der Waals surface area contributed by atoms with E-state index < -0.39 is 0 Å². The third-order valence-electron chi connectivity index (χ3n) is 2.56. The van der Waals surface area contributed by atoms with Gasteiger partial charge in [0.15, 0.2) is 0 Å². The van der Waals surface area contributed by atoms with Gasteiger partial charge in [-0.25, -0.2) is 0 Å². The fourth-order valence-electron chi connectivity index (χ4n) is 1.67. The van der Waals surface area contributed by atoms with Crippen LogP contribution in [0, 0.1) is 0 Å². The highest BCUT2D eigenvalue weighted by Gasteiger charge is 2.05. The molecule has 0 aromatic heterocycles. The molecule has 1 aromatic carbocycles. The zero-order valence-electron chi connectivity index (χ0n) is 10.4. The van der Waals surface area contributed by atoms with Gasteiger partial charge in [0.25, 0.3) is 0 Å². The van der Waals surface area contributed by atoms with Gasteiger partial charge in [-0.3, -0.25) is 0 Å². The molecule has 0 atom stereocenters. The van der Waals surface area contributed by atoms with Crippen LogP contribution in [0.5, 0.6) is 0 Å². The Morgan fingerprint density at radius 2 is 1.75 bits per heavy atom. The second kappa shape index (κ2) is 5.61. The van der Waals surface area contributed by atoms with Gasteiger partial charge in [0.05, 0.1) is 11.4 Å². The van der Waals surface area contributed by atoms with E-state index in [9.17, 15) is 0 Å². The number of nitrogens with two attached hydrogens (primary N) is 2. The minimum absolute atomic E-state index is 0.711. The van der Waals surface area contributed by atoms with Gasteiger partial charge in [-0.05, 0) is 45.3 Å². The lowest BCUT2D eigenvalue weighted by Crippen LogP contribution is -2.24. The van der Waals surface area contributed by atoms with Gasteiger partial charge < -0.3 is 21.3 Å². The van der Waals surface area contributed by atoms with Crippen molar-refractivity contribution in [2.45, 2.75) is 6.42 Å². The van der Waals surface area contributed by atoms with Crippen LogP contribution >= 0.6 is 0 Å². The number of benzene rings is 1. The SMILES string of the molecule is CN(C)CCCN(C)c1ccc(N)cc1N. The lowest BCUT2D eigenvalue weighted by molar-refractivity contribution is 0.402. The average molecular weight is 222 g/mol. The van der Waals surface area contributed by atoms with E-state index in [1.54, 1.807) is 6.07 Å². The number of anilines is 3. The van der Waals surface area contributed by atoms with Crippen molar-refractivity contribution in [1.29, 1.82) is 0 Å². The predicted molar refractivity (Wildman–Crippen MR) is 71.7 cm³/mol. The monoisotopic (exact) mass is 222 g/mol. The molecule has 0 amide bonds. The third-order valence-corrected chi connectivity index (χ3v) is 2.56. The standard InChI is InChI=1S/C12H22N4/c1-15(2)7-4-8-16(3)12-6-5-10(13)9-11(12)14/h5-6,9H,4,7-8,13-14H2,1-3H3. The van der Waals surface area contributed by atoms with Crippen LogP contribution in [0.2, 0.25) is 0 Å². The molecular weight excluding hydrogens is 200 g/mol. The quantitative estimate of drug-likeness (QED) is 0.736. The van der Waals surface area contributed by atoms with Crippen LogP contribution in [0.15, 0.2) is 18.2 Å². The van der Waals surface area contributed by atoms with Crippen molar-refractivity contribution >= 4 is 17.1 Å². The van der Waals surface area contributed by atoms with Crippen LogP contribution in [0.25, 0.3) is 0 Å². The maximum atomic E-state index is 5.92. The van der Waals surface area contributed by atoms with Crippen molar-refractivity contribution in [3.05, 3.63) is 18.2 Å². The summed E-state index contributed by atoms with van der Waals surface area (Å²) in [6.45, 7) is 2.07. The van der Waals surface area contributed by atoms with Crippen LogP contribution in [0.1, 0.15) is 6.42 Å². The summed E-state index contributed by atoms with van der Waals surface area (Å²) in [7, 11) is 6.21. The third kappa shape index (κ3) is 3.62. The Balaban J connectivity index is 2.55. The van der Waals surface area contributed by atoms with Crippen LogP contribution < -0.4 is 16.4 Å². The molecule has 0 saturated carbocycles. The van der Waals surface area contributed by atoms with Gasteiger partial charge in [-0.2, -0.15) is 0 Å². The van der Waals surface area contributed by atoms with E-state index in [1.165, 1.54) is 0 Å². The molecule has 0 saturated heterocycles. The van der Waals surface area contributed by atoms with Gasteiger partial charge in [0.2, 0.25) is 0 Å². The number of rotatable bonds is 5. The molecule has 0 spiro atoms. The Bertz CT molecular complexity index is 336. The van der Waals surface area contributed by atoms with Crippen molar-refractivity contribution in [3.63, 3.8) is 0 Å². The van der Waals surface area contributed by atoms with Gasteiger partial charge in [-0.15, -0.1) is 0 Å². The summed E-state index contributed by atoms with van der Waals surface area (Å²) in [6, 6.07) is 5.66. The molecule has 0 fully saturated rings. The summed E-state index contributed by atoms with van der Waals surface area (Å²) in [5.74, 6) is 0. The summed E-state index contributed by atoms with van der Waals surface area (Å²) in [5.41, 5.74) is 14.1. The first kappa shape index (κ1) is 12.6. The van der Waals surface area contributed by atoms with E-state index in [4.69, 9.17) is 11.5 Å². The molecule has 90 valence electrons. The zero-order valence-corrected chi connectivity index (χ0v) is 10.4. The van der Waals surface area contributed by atoms with Crippen molar-refractivity contribution in [2.24, 2.45) is 0 Å². The second-order valence-corrected chi connectivity index (χ2v) is 4.40. The lowest BCUT2D eigenvalue weighted by Gasteiger charge is -2.22. The molecule has 0 aliphatic heterocycles. The summed E-state index contributed by atoms with van der Waals surface area (Å²) < 4.78 is 0. The van der Waals surface area contributed by atoms with Gasteiger partial charge in [-0.1, -0.05) is 0 Å². The minimum atomic E-state index is 0.711. The molecule has 1 rings (SSSR count). The first-order valence-corrected chi connectivity index (χ1v) is 5.51. The van der Waals surface area contributed by atoms with Gasteiger partial charge in [0, 0.05) is 19.3 Å². The summed E-state index contributed by atoms with van der Waals surface area (Å²) in [4.78, 5) is 4.35. The largest absolute Gasteiger partial charge is 0.399 e. The average Bonchev–Trinajstić information content (AvgIpc) is 2.16. The van der Waals surface area contributed by atoms with Crippen LogP contribution in [0.4, 0.5) is 17.1 Å². The van der Waals surface area contributed by atoms with Crippen molar-refractivity contribution in [1.82, 2.24) is 4.90 Å². The molecule has 4 nitrogen and oxygen atoms in total. The molecule has 1 aromatic rings. The van der Waals surface area contributed by atoms with Crippen LogP contribution in [-0.4, -0.2) is 39.1 Å². The van der Waals surface area contributed by atoms with E-state index in [-0.39, 0.29) is 0 Å². The summed E-state index contributed by atoms with van der Waals surface area (Å²) in [6.07, 6.45) is 1.12. The maximum absolute atomic E-state index is 5.92. The number of nitrogens with zero attached hydrogens (tertiary/aromatic N) is 2. The van der Waals surface area contributed by atoms with E-state index in [1.807, 2.05) is 12.1 Å². The van der Waals surface area contributed by atoms with Crippen LogP contribution in [0.3, 0.4) is 0 Å². The highest BCUT2D eigenvalue weighted by atomic mass is 15.1. The predicted octanol–water partition coefficient (Wildman–Crippen LogP) is 1.24. The number of nitrogen functional groups attached to an aromatic ring is 2. The fraction of sp³-hybridized carbons (Fsp3) is 0.500. The molecule has 0 aliphatic carbocycles. The van der Waals surface area contributed by atoms with Gasteiger partial charge >= 0.3 is 0 Å². The molecular formula is C12H22N4. The minimum Gasteiger partial charge on any atom is -0.399 e. The smallest absolute Gasteiger partial charge is 0.0598 e. The van der Waals surface area contributed by atoms with Gasteiger partial charge in [0.1, 0.15) is 0 Å². The zero-order chi connectivity index (χ0) is 12.1. The first-order valence-electron chi connectivity index (χ1n) is 5.51. The van der Waals surface area contributed by atoms with E-state index >= 15 is 0 Å². The van der Waals surface area contributed by atoms with Crippen molar-refractivity contribution < 1.29 is 0 Å². The molecule has 0 aliphatic rings. The highest BCUT2D eigenvalue weighted by molar-refractivity contribution is 5.71. The lowest BCUT2D eigenvalue weighted by atomic mass is 10.2. The first-order chi connectivity index (χ1) is 7.50. The highest BCUT2D eigenvalue weighted by Crippen LogP contribution is 2.24. The molecule has 16 heavy (non-hydrogen) atoms. The summed E-state index contributed by atoms with van der Waals surface area (Å²) in [5, 5.41) is 0. The molecule has 4 N–H and O–H groups in total. The molecule has 0 unspecified atom stereocenters. The van der Waals surface area contributed by atoms with Crippen molar-refractivity contribution in [2.75, 3.05) is 50.6 Å². The molecule has 0 bridgehead atoms. The van der Waals surface area contributed by atoms with Crippen molar-refractivity contribution in [3.8, 4) is 0 Å². The number of hydrogen-bond donors (Lipinski definition) is 2. The number of hydrogen-bond acceptors (Lipinski definition) is 4. The second-order valence-electron chi connectivity index (χ2n) is 4.40. The van der Waals surface area contributed by atoms with Crippen LogP contribution in [-0.2, 0) is 0 Å². The Labute approximate surface area is 97.8 Å². The van der Waals surface area contributed by atoms with E-state index in [0.29, 0.717) is 5.69 Å². The Morgan fingerprint density at radius 3 is 2.31 bits per heavy atom. The normalized spacial score (nSPS) is 10.8. The van der Waals surface area contributed by atoms with E-state index in [2.05, 4.69) is 30.9 Å². The fourth-order valence-corrected chi connectivity index (χ4v) is 1.67. The Kier molecular flexibility index (Phi) is 4.43. The Morgan fingerprint density at radius 1 is 1.06 bits per heavy atom. The van der Waals surface area contributed by atoms with E-state index in [0.717, 1.165) is 30.9 Å². The molecule has 0 radical (unpaired) electrons.